The van der Waals surface area contributed by atoms with Crippen LogP contribution < -0.4 is 4.74 Å². The lowest BCUT2D eigenvalue weighted by Gasteiger charge is -2.34. The molecule has 1 fully saturated rings. The Morgan fingerprint density at radius 3 is 2.57 bits per heavy atom. The summed E-state index contributed by atoms with van der Waals surface area (Å²) in [6, 6.07) is 13.0. The van der Waals surface area contributed by atoms with E-state index in [0.717, 1.165) is 36.6 Å². The van der Waals surface area contributed by atoms with Crippen LogP contribution in [0.25, 0.3) is 5.69 Å². The zero-order valence-electron chi connectivity index (χ0n) is 16.6. The van der Waals surface area contributed by atoms with E-state index < -0.39 is 0 Å². The molecule has 0 saturated carbocycles. The molecule has 8 heteroatoms. The molecule has 6 nitrogen and oxygen atoms in total. The van der Waals surface area contributed by atoms with E-state index in [2.05, 4.69) is 10.00 Å². The van der Waals surface area contributed by atoms with Crippen LogP contribution in [0.15, 0.2) is 54.9 Å². The van der Waals surface area contributed by atoms with E-state index in [-0.39, 0.29) is 5.91 Å². The van der Waals surface area contributed by atoms with Gasteiger partial charge in [0.2, 0.25) is 0 Å². The van der Waals surface area contributed by atoms with Gasteiger partial charge < -0.3 is 9.64 Å². The Morgan fingerprint density at radius 2 is 1.83 bits per heavy atom. The van der Waals surface area contributed by atoms with Crippen molar-refractivity contribution in [3.8, 4) is 11.4 Å². The number of halogens is 2. The predicted octanol–water partition coefficient (Wildman–Crippen LogP) is 4.15. The van der Waals surface area contributed by atoms with E-state index in [1.165, 1.54) is 0 Å². The van der Waals surface area contributed by atoms with Crippen LogP contribution >= 0.6 is 23.2 Å². The predicted molar refractivity (Wildman–Crippen MR) is 118 cm³/mol. The molecule has 1 aliphatic heterocycles. The molecule has 0 N–H and O–H groups in total. The molecule has 0 atom stereocenters. The van der Waals surface area contributed by atoms with Gasteiger partial charge in [-0.05, 0) is 36.4 Å². The highest BCUT2D eigenvalue weighted by Crippen LogP contribution is 2.24. The number of aromatic nitrogens is 2. The molecule has 0 aliphatic carbocycles. The quantitative estimate of drug-likeness (QED) is 0.592. The molecule has 30 heavy (non-hydrogen) atoms. The highest BCUT2D eigenvalue weighted by molar-refractivity contribution is 6.31. The summed E-state index contributed by atoms with van der Waals surface area (Å²) in [5.74, 6) is 0.814. The van der Waals surface area contributed by atoms with Crippen molar-refractivity contribution < 1.29 is 9.53 Å². The molecule has 4 rings (SSSR count). The van der Waals surface area contributed by atoms with Gasteiger partial charge in [-0.2, -0.15) is 5.10 Å². The second-order valence-electron chi connectivity index (χ2n) is 7.18. The molecule has 156 valence electrons. The number of rotatable bonds is 5. The molecule has 0 spiro atoms. The number of hydrogen-bond donors (Lipinski definition) is 0. The lowest BCUT2D eigenvalue weighted by molar-refractivity contribution is 0.0627. The van der Waals surface area contributed by atoms with Crippen LogP contribution in [0.5, 0.6) is 5.75 Å². The minimum Gasteiger partial charge on any atom is -0.496 e. The van der Waals surface area contributed by atoms with Crippen LogP contribution in [-0.4, -0.2) is 58.8 Å². The lowest BCUT2D eigenvalue weighted by Crippen LogP contribution is -2.48. The Hall–Kier alpha value is -2.54. The third-order valence-electron chi connectivity index (χ3n) is 5.20. The van der Waals surface area contributed by atoms with Crippen LogP contribution in [0.4, 0.5) is 0 Å². The fourth-order valence-electron chi connectivity index (χ4n) is 3.60. The second-order valence-corrected chi connectivity index (χ2v) is 8.05. The maximum atomic E-state index is 12.9. The standard InChI is InChI=1S/C22H22Cl2N4O2/c1-30-21-6-5-19(24)11-16(21)14-26-7-9-27(10-8-26)22(29)17-13-25-28(15-17)20-4-2-3-18(23)12-20/h2-6,11-13,15H,7-10,14H2,1H3. The summed E-state index contributed by atoms with van der Waals surface area (Å²) in [5.41, 5.74) is 2.44. The van der Waals surface area contributed by atoms with Gasteiger partial charge in [0.1, 0.15) is 5.75 Å². The number of benzene rings is 2. The van der Waals surface area contributed by atoms with Gasteiger partial charge in [0, 0.05) is 54.5 Å². The number of methoxy groups -OCH3 is 1. The third kappa shape index (κ3) is 4.61. The summed E-state index contributed by atoms with van der Waals surface area (Å²) in [5, 5.41) is 5.63. The average Bonchev–Trinajstić information content (AvgIpc) is 3.24. The van der Waals surface area contributed by atoms with E-state index in [9.17, 15) is 4.79 Å². The molecule has 3 aromatic rings. The maximum Gasteiger partial charge on any atom is 0.257 e. The van der Waals surface area contributed by atoms with Gasteiger partial charge >= 0.3 is 0 Å². The topological polar surface area (TPSA) is 50.6 Å². The summed E-state index contributed by atoms with van der Waals surface area (Å²) >= 11 is 12.2. The van der Waals surface area contributed by atoms with E-state index >= 15 is 0 Å². The van der Waals surface area contributed by atoms with Crippen LogP contribution in [0.3, 0.4) is 0 Å². The third-order valence-corrected chi connectivity index (χ3v) is 5.67. The Balaban J connectivity index is 1.38. The molecular weight excluding hydrogens is 423 g/mol. The monoisotopic (exact) mass is 444 g/mol. The van der Waals surface area contributed by atoms with E-state index in [4.69, 9.17) is 27.9 Å². The number of carbonyl (C=O) groups is 1. The number of piperazine rings is 1. The molecule has 1 amide bonds. The minimum absolute atomic E-state index is 0.0109. The molecule has 2 aromatic carbocycles. The van der Waals surface area contributed by atoms with E-state index in [0.29, 0.717) is 28.7 Å². The van der Waals surface area contributed by atoms with Crippen molar-refractivity contribution in [3.63, 3.8) is 0 Å². The Labute approximate surface area is 185 Å². The van der Waals surface area contributed by atoms with Crippen molar-refractivity contribution in [1.29, 1.82) is 0 Å². The Bertz CT molecular complexity index is 1050. The highest BCUT2D eigenvalue weighted by atomic mass is 35.5. The molecule has 0 radical (unpaired) electrons. The molecule has 0 unspecified atom stereocenters. The Kier molecular flexibility index (Phi) is 6.27. The van der Waals surface area contributed by atoms with Crippen molar-refractivity contribution in [2.45, 2.75) is 6.54 Å². The van der Waals surface area contributed by atoms with Crippen LogP contribution in [-0.2, 0) is 6.54 Å². The van der Waals surface area contributed by atoms with Gasteiger partial charge in [-0.15, -0.1) is 0 Å². The molecule has 1 saturated heterocycles. The number of hydrogen-bond acceptors (Lipinski definition) is 4. The van der Waals surface area contributed by atoms with Gasteiger partial charge in [-0.25, -0.2) is 4.68 Å². The second kappa shape index (κ2) is 9.08. The first-order valence-corrected chi connectivity index (χ1v) is 10.4. The average molecular weight is 445 g/mol. The number of amides is 1. The van der Waals surface area contributed by atoms with Crippen molar-refractivity contribution in [2.75, 3.05) is 33.3 Å². The zero-order valence-corrected chi connectivity index (χ0v) is 18.1. The first-order chi connectivity index (χ1) is 14.5. The van der Waals surface area contributed by atoms with Gasteiger partial charge in [0.15, 0.2) is 0 Å². The van der Waals surface area contributed by atoms with Crippen LogP contribution in [0, 0.1) is 0 Å². The number of nitrogens with zero attached hydrogens (tertiary/aromatic N) is 4. The van der Waals surface area contributed by atoms with Crippen LogP contribution in [0.1, 0.15) is 15.9 Å². The summed E-state index contributed by atoms with van der Waals surface area (Å²) in [6.45, 7) is 3.61. The van der Waals surface area contributed by atoms with E-state index in [1.54, 1.807) is 30.3 Å². The SMILES string of the molecule is COc1ccc(Cl)cc1CN1CCN(C(=O)c2cnn(-c3cccc(Cl)c3)c2)CC1. The van der Waals surface area contributed by atoms with Crippen molar-refractivity contribution in [1.82, 2.24) is 19.6 Å². The zero-order chi connectivity index (χ0) is 21.1. The lowest BCUT2D eigenvalue weighted by atomic mass is 10.1. The fourth-order valence-corrected chi connectivity index (χ4v) is 3.98. The van der Waals surface area contributed by atoms with E-state index in [1.807, 2.05) is 41.3 Å². The van der Waals surface area contributed by atoms with Gasteiger partial charge in [-0.1, -0.05) is 29.3 Å². The first-order valence-electron chi connectivity index (χ1n) is 9.68. The molecule has 1 aromatic heterocycles. The summed E-state index contributed by atoms with van der Waals surface area (Å²) in [6.07, 6.45) is 3.35. The Morgan fingerprint density at radius 1 is 1.07 bits per heavy atom. The number of ether oxygens (including phenoxy) is 1. The molecule has 2 heterocycles. The normalized spacial score (nSPS) is 14.7. The summed E-state index contributed by atoms with van der Waals surface area (Å²) < 4.78 is 7.11. The minimum atomic E-state index is -0.0109. The first kappa shape index (κ1) is 20.7. The highest BCUT2D eigenvalue weighted by Gasteiger charge is 2.24. The molecule has 0 bridgehead atoms. The van der Waals surface area contributed by atoms with Gasteiger partial charge in [0.25, 0.3) is 5.91 Å². The van der Waals surface area contributed by atoms with Crippen molar-refractivity contribution in [3.05, 3.63) is 76.0 Å². The largest absolute Gasteiger partial charge is 0.496 e. The van der Waals surface area contributed by atoms with Crippen molar-refractivity contribution >= 4 is 29.1 Å². The fraction of sp³-hybridized carbons (Fsp3) is 0.273. The number of carbonyl (C=O) groups excluding carboxylic acids is 1. The molecule has 1 aliphatic rings. The summed E-state index contributed by atoms with van der Waals surface area (Å²) in [4.78, 5) is 17.1. The smallest absolute Gasteiger partial charge is 0.257 e. The summed E-state index contributed by atoms with van der Waals surface area (Å²) in [7, 11) is 1.66. The van der Waals surface area contributed by atoms with Gasteiger partial charge in [0.05, 0.1) is 24.6 Å². The molecular formula is C22H22Cl2N4O2. The van der Waals surface area contributed by atoms with Gasteiger partial charge in [-0.3, -0.25) is 9.69 Å². The maximum absolute atomic E-state index is 12.9. The van der Waals surface area contributed by atoms with Crippen molar-refractivity contribution in [2.24, 2.45) is 0 Å². The van der Waals surface area contributed by atoms with Crippen LogP contribution in [0.2, 0.25) is 10.0 Å².